The lowest BCUT2D eigenvalue weighted by molar-refractivity contribution is 0.484. The van der Waals surface area contributed by atoms with Gasteiger partial charge >= 0.3 is 0 Å². The van der Waals surface area contributed by atoms with Gasteiger partial charge in [-0.3, -0.25) is 0 Å². The van der Waals surface area contributed by atoms with E-state index in [1.165, 1.54) is 62.3 Å². The topological polar surface area (TPSA) is 29.9 Å². The molecule has 0 bridgehead atoms. The molecule has 3 heteroatoms. The van der Waals surface area contributed by atoms with Gasteiger partial charge in [-0.05, 0) is 52.0 Å². The Morgan fingerprint density at radius 2 is 2.19 bits per heavy atom. The molecule has 0 unspecified atom stereocenters. The Morgan fingerprint density at radius 1 is 1.31 bits per heavy atom. The predicted octanol–water partition coefficient (Wildman–Crippen LogP) is 1.82. The molecule has 1 aromatic rings. The number of nitrogens with one attached hydrogen (secondary N) is 1. The zero-order valence-electron chi connectivity index (χ0n) is 10.1. The van der Waals surface area contributed by atoms with Crippen molar-refractivity contribution in [1.82, 2.24) is 14.9 Å². The van der Waals surface area contributed by atoms with Gasteiger partial charge < -0.3 is 9.88 Å². The average molecular weight is 219 g/mol. The van der Waals surface area contributed by atoms with Crippen molar-refractivity contribution < 1.29 is 0 Å². The van der Waals surface area contributed by atoms with Crippen molar-refractivity contribution in [3.63, 3.8) is 0 Å². The lowest BCUT2D eigenvalue weighted by atomic mass is 10.0. The highest BCUT2D eigenvalue weighted by Crippen LogP contribution is 2.23. The third kappa shape index (κ3) is 1.77. The number of fused-ring (bicyclic) bond motifs is 1. The minimum absolute atomic E-state index is 0.680. The van der Waals surface area contributed by atoms with Crippen LogP contribution in [0.5, 0.6) is 0 Å². The van der Waals surface area contributed by atoms with E-state index in [1.54, 1.807) is 0 Å². The van der Waals surface area contributed by atoms with Gasteiger partial charge in [-0.15, -0.1) is 0 Å². The third-order valence-electron chi connectivity index (χ3n) is 3.99. The second-order valence-electron chi connectivity index (χ2n) is 5.16. The van der Waals surface area contributed by atoms with Crippen LogP contribution in [0.2, 0.25) is 0 Å². The van der Waals surface area contributed by atoms with Gasteiger partial charge in [-0.2, -0.15) is 0 Å². The Labute approximate surface area is 97.3 Å². The lowest BCUT2D eigenvalue weighted by Gasteiger charge is -2.18. The molecule has 0 saturated carbocycles. The van der Waals surface area contributed by atoms with Crippen molar-refractivity contribution in [2.75, 3.05) is 6.54 Å². The van der Waals surface area contributed by atoms with Gasteiger partial charge in [0.2, 0.25) is 0 Å². The van der Waals surface area contributed by atoms with Crippen LogP contribution < -0.4 is 5.32 Å². The van der Waals surface area contributed by atoms with Crippen LogP contribution in [0.1, 0.15) is 42.9 Å². The Morgan fingerprint density at radius 3 is 3.00 bits per heavy atom. The number of aromatic nitrogens is 2. The number of nitrogens with zero attached hydrogens (tertiary/aromatic N) is 2. The highest BCUT2D eigenvalue weighted by molar-refractivity contribution is 5.20. The fourth-order valence-corrected chi connectivity index (χ4v) is 3.11. The summed E-state index contributed by atoms with van der Waals surface area (Å²) in [7, 11) is 0. The molecule has 0 spiro atoms. The largest absolute Gasteiger partial charge is 0.330 e. The molecule has 2 aliphatic rings. The van der Waals surface area contributed by atoms with Crippen LogP contribution in [0.15, 0.2) is 0 Å². The zero-order chi connectivity index (χ0) is 11.0. The second kappa shape index (κ2) is 4.21. The molecular weight excluding hydrogens is 198 g/mol. The Kier molecular flexibility index (Phi) is 2.72. The maximum atomic E-state index is 4.73. The molecule has 1 aliphatic heterocycles. The molecular formula is C13H21N3. The molecule has 88 valence electrons. The molecule has 1 saturated heterocycles. The molecule has 16 heavy (non-hydrogen) atoms. The van der Waals surface area contributed by atoms with E-state index in [1.807, 2.05) is 0 Å². The summed E-state index contributed by atoms with van der Waals surface area (Å²) in [5, 5.41) is 3.58. The molecule has 2 heterocycles. The zero-order valence-corrected chi connectivity index (χ0v) is 10.1. The summed E-state index contributed by atoms with van der Waals surface area (Å²) in [5.74, 6) is 1.22. The molecule has 3 nitrogen and oxygen atoms in total. The molecule has 1 aromatic heterocycles. The molecule has 3 rings (SSSR count). The van der Waals surface area contributed by atoms with E-state index in [9.17, 15) is 0 Å². The molecule has 1 N–H and O–H groups in total. The summed E-state index contributed by atoms with van der Waals surface area (Å²) in [4.78, 5) is 4.73. The molecule has 0 aromatic carbocycles. The number of hydrogen-bond acceptors (Lipinski definition) is 2. The van der Waals surface area contributed by atoms with Gasteiger partial charge in [0.25, 0.3) is 0 Å². The van der Waals surface area contributed by atoms with Crippen molar-refractivity contribution >= 4 is 0 Å². The molecule has 1 atom stereocenters. The SMILES string of the molecule is Cc1nc2c(n1C[C@H]1CCCN1)CCCC2. The maximum Gasteiger partial charge on any atom is 0.106 e. The first-order valence-corrected chi connectivity index (χ1v) is 6.63. The average Bonchev–Trinajstić information content (AvgIpc) is 2.89. The van der Waals surface area contributed by atoms with Crippen molar-refractivity contribution in [1.29, 1.82) is 0 Å². The van der Waals surface area contributed by atoms with Crippen LogP contribution in [-0.4, -0.2) is 22.1 Å². The summed E-state index contributed by atoms with van der Waals surface area (Å²) < 4.78 is 2.47. The van der Waals surface area contributed by atoms with E-state index >= 15 is 0 Å². The number of hydrogen-bond donors (Lipinski definition) is 1. The molecule has 0 radical (unpaired) electrons. The lowest BCUT2D eigenvalue weighted by Crippen LogP contribution is -2.28. The maximum absolute atomic E-state index is 4.73. The summed E-state index contributed by atoms with van der Waals surface area (Å²) >= 11 is 0. The van der Waals surface area contributed by atoms with Gasteiger partial charge in [-0.25, -0.2) is 4.98 Å². The number of rotatable bonds is 2. The minimum atomic E-state index is 0.680. The van der Waals surface area contributed by atoms with Crippen molar-refractivity contribution in [2.45, 2.75) is 58.0 Å². The fraction of sp³-hybridized carbons (Fsp3) is 0.769. The first-order valence-electron chi connectivity index (χ1n) is 6.63. The first kappa shape index (κ1) is 10.3. The van der Waals surface area contributed by atoms with E-state index < -0.39 is 0 Å². The number of imidazole rings is 1. The third-order valence-corrected chi connectivity index (χ3v) is 3.99. The molecule has 1 aliphatic carbocycles. The van der Waals surface area contributed by atoms with E-state index in [2.05, 4.69) is 16.8 Å². The quantitative estimate of drug-likeness (QED) is 0.822. The highest BCUT2D eigenvalue weighted by atomic mass is 15.1. The predicted molar refractivity (Wildman–Crippen MR) is 64.6 cm³/mol. The summed E-state index contributed by atoms with van der Waals surface area (Å²) in [6, 6.07) is 0.680. The van der Waals surface area contributed by atoms with E-state index in [0.717, 1.165) is 6.54 Å². The summed E-state index contributed by atoms with van der Waals surface area (Å²) in [6.07, 6.45) is 7.76. The Bertz CT molecular complexity index is 375. The normalized spacial score (nSPS) is 24.7. The van der Waals surface area contributed by atoms with E-state index in [0.29, 0.717) is 6.04 Å². The summed E-state index contributed by atoms with van der Waals surface area (Å²) in [6.45, 7) is 4.49. The van der Waals surface area contributed by atoms with Crippen LogP contribution in [-0.2, 0) is 19.4 Å². The fourth-order valence-electron chi connectivity index (χ4n) is 3.11. The van der Waals surface area contributed by atoms with Crippen LogP contribution >= 0.6 is 0 Å². The first-order chi connectivity index (χ1) is 7.84. The van der Waals surface area contributed by atoms with Crippen molar-refractivity contribution in [3.05, 3.63) is 17.2 Å². The number of aryl methyl sites for hydroxylation is 2. The van der Waals surface area contributed by atoms with E-state index in [-0.39, 0.29) is 0 Å². The standard InChI is InChI=1S/C13H21N3/c1-10-15-12-6-2-3-7-13(12)16(10)9-11-5-4-8-14-11/h11,14H,2-9H2,1H3/t11-/m1/s1. The Hall–Kier alpha value is -0.830. The van der Waals surface area contributed by atoms with Gasteiger partial charge in [0.1, 0.15) is 5.82 Å². The molecule has 1 fully saturated rings. The molecule has 0 amide bonds. The van der Waals surface area contributed by atoms with Gasteiger partial charge in [0.15, 0.2) is 0 Å². The van der Waals surface area contributed by atoms with Gasteiger partial charge in [-0.1, -0.05) is 0 Å². The van der Waals surface area contributed by atoms with Crippen molar-refractivity contribution in [2.24, 2.45) is 0 Å². The highest BCUT2D eigenvalue weighted by Gasteiger charge is 2.21. The van der Waals surface area contributed by atoms with Gasteiger partial charge in [0.05, 0.1) is 5.69 Å². The van der Waals surface area contributed by atoms with Crippen LogP contribution in [0.25, 0.3) is 0 Å². The smallest absolute Gasteiger partial charge is 0.106 e. The minimum Gasteiger partial charge on any atom is -0.330 e. The summed E-state index contributed by atoms with van der Waals surface area (Å²) in [5.41, 5.74) is 2.90. The second-order valence-corrected chi connectivity index (χ2v) is 5.16. The Balaban J connectivity index is 1.84. The van der Waals surface area contributed by atoms with Crippen LogP contribution in [0.4, 0.5) is 0 Å². The van der Waals surface area contributed by atoms with Gasteiger partial charge in [0, 0.05) is 18.3 Å². The van der Waals surface area contributed by atoms with Crippen LogP contribution in [0.3, 0.4) is 0 Å². The van der Waals surface area contributed by atoms with Crippen molar-refractivity contribution in [3.8, 4) is 0 Å². The van der Waals surface area contributed by atoms with E-state index in [4.69, 9.17) is 4.98 Å². The van der Waals surface area contributed by atoms with Crippen LogP contribution in [0, 0.1) is 6.92 Å². The monoisotopic (exact) mass is 219 g/mol.